The Kier molecular flexibility index (Phi) is 14.5. The third-order valence-corrected chi connectivity index (χ3v) is 16.6. The van der Waals surface area contributed by atoms with Crippen LogP contribution in [0.4, 0.5) is 5.82 Å². The van der Waals surface area contributed by atoms with Gasteiger partial charge in [-0.15, -0.1) is 11.5 Å². The van der Waals surface area contributed by atoms with E-state index in [1.807, 2.05) is 142 Å². The molecule has 12 heteroatoms. The monoisotopic (exact) mass is 1180 g/mol. The number of hydrogen-bond donors (Lipinski definition) is 0. The first-order valence-electron chi connectivity index (χ1n) is 30.2. The fourth-order valence-electron chi connectivity index (χ4n) is 12.1. The number of anilines is 1. The van der Waals surface area contributed by atoms with Gasteiger partial charge in [0, 0.05) is 87.7 Å². The van der Waals surface area contributed by atoms with Crippen molar-refractivity contribution in [2.75, 3.05) is 4.90 Å². The van der Waals surface area contributed by atoms with Crippen molar-refractivity contribution in [3.05, 3.63) is 319 Å². The van der Waals surface area contributed by atoms with E-state index in [1.165, 1.54) is 5.56 Å². The molecule has 16 rings (SSSR count). The zero-order chi connectivity index (χ0) is 61.4. The first kappa shape index (κ1) is 55.5. The lowest BCUT2D eigenvalue weighted by atomic mass is 9.84. The molecule has 0 saturated carbocycles. The van der Waals surface area contributed by atoms with Crippen molar-refractivity contribution >= 4 is 65.6 Å². The van der Waals surface area contributed by atoms with E-state index in [1.54, 1.807) is 12.5 Å². The van der Waals surface area contributed by atoms with E-state index in [-0.39, 0.29) is 5.92 Å². The molecule has 3 aromatic carbocycles. The van der Waals surface area contributed by atoms with Crippen LogP contribution in [0.25, 0.3) is 81.4 Å². The summed E-state index contributed by atoms with van der Waals surface area (Å²) in [7, 11) is 0. The molecule has 10 heterocycles. The first-order valence-corrected chi connectivity index (χ1v) is 30.2. The lowest BCUT2D eigenvalue weighted by Gasteiger charge is -2.32. The van der Waals surface area contributed by atoms with Crippen LogP contribution < -0.4 is 4.90 Å². The number of fused-ring (bicyclic) bond motifs is 5. The number of oxazole rings is 2. The Morgan fingerprint density at radius 1 is 0.626 bits per heavy atom. The van der Waals surface area contributed by atoms with E-state index in [0.717, 1.165) is 135 Å². The molecule has 0 unspecified atom stereocenters. The average molecular weight is 1180 g/mol. The molecule has 12 nitrogen and oxygen atoms in total. The number of allylic oxidation sites excluding steroid dienone is 12. The Morgan fingerprint density at radius 2 is 1.43 bits per heavy atom. The summed E-state index contributed by atoms with van der Waals surface area (Å²) in [5.74, 6) is 2.20. The number of benzene rings is 3. The predicted molar refractivity (Wildman–Crippen MR) is 364 cm³/mol. The van der Waals surface area contributed by atoms with Crippen LogP contribution in [0, 0.1) is 13.8 Å². The van der Waals surface area contributed by atoms with E-state index >= 15 is 0 Å². The second-order valence-corrected chi connectivity index (χ2v) is 22.6. The van der Waals surface area contributed by atoms with Crippen LogP contribution in [-0.4, -0.2) is 47.6 Å². The van der Waals surface area contributed by atoms with Crippen LogP contribution >= 0.6 is 0 Å². The number of pyridine rings is 3. The van der Waals surface area contributed by atoms with Gasteiger partial charge in [0.2, 0.25) is 11.8 Å². The molecule has 4 aliphatic heterocycles. The van der Waals surface area contributed by atoms with Crippen molar-refractivity contribution in [3.8, 4) is 39.8 Å². The maximum Gasteiger partial charge on any atom is 0.228 e. The number of aliphatic imine (C=N–C) groups is 3. The molecule has 0 fully saturated rings. The van der Waals surface area contributed by atoms with Gasteiger partial charge in [0.1, 0.15) is 12.5 Å². The first-order chi connectivity index (χ1) is 44.7. The Balaban J connectivity index is 0.00000109. The van der Waals surface area contributed by atoms with Gasteiger partial charge in [-0.25, -0.2) is 4.99 Å². The highest BCUT2D eigenvalue weighted by Gasteiger charge is 2.32. The van der Waals surface area contributed by atoms with Crippen LogP contribution in [0.3, 0.4) is 0 Å². The molecule has 7 aliphatic rings. The maximum absolute atomic E-state index is 6.37. The Hall–Kier alpha value is -12.1. The number of hydrogen-bond acceptors (Lipinski definition) is 11. The zero-order valence-corrected chi connectivity index (χ0v) is 50.3. The van der Waals surface area contributed by atoms with E-state index < -0.39 is 0 Å². The summed E-state index contributed by atoms with van der Waals surface area (Å²) in [6.07, 6.45) is 38.9. The van der Waals surface area contributed by atoms with Crippen LogP contribution in [0.15, 0.2) is 281 Å². The standard InChI is InChI=1S/C73H50N10O2.C6H6/c1-44-14-5-6-19-56(44)57-20-13-33-75-71(57)64-22-8-7-21-61(79-64)50-17-10-25-65-59(39-50)60-41-77-46(3)26-30-67(60)83(65)69-43-85-72(81-69)52-18-9-16-48-35-53(28-27-49(48)36-52)73-80-68(42-84-73)82-55-34-47(4)76-40-54(37-55)58-38-51(29-31-66(58)82)62-23-11-24-63(78-62)70-45(2)15-12-32-74-70;1-2-4-6-5-3-1/h5-6,8,10-16,18-25,27-36,39-43,51H,17,38H2,1-4H3;1-6H/t51-;/m1./s1. The highest BCUT2D eigenvalue weighted by molar-refractivity contribution is 6.15. The van der Waals surface area contributed by atoms with Crippen LogP contribution in [0.5, 0.6) is 0 Å². The van der Waals surface area contributed by atoms with Gasteiger partial charge in [0.05, 0.1) is 57.0 Å². The van der Waals surface area contributed by atoms with Crippen LogP contribution in [0.2, 0.25) is 0 Å². The fraction of sp³-hybridized carbons (Fsp3) is 0.0886. The second kappa shape index (κ2) is 23.9. The van der Waals surface area contributed by atoms with Crippen molar-refractivity contribution in [1.29, 1.82) is 0 Å². The van der Waals surface area contributed by atoms with Gasteiger partial charge in [0.15, 0.2) is 11.6 Å². The topological polar surface area (TPSA) is 136 Å². The summed E-state index contributed by atoms with van der Waals surface area (Å²) in [5.41, 5.74) is 36.9. The molecule has 1 atom stereocenters. The van der Waals surface area contributed by atoms with Gasteiger partial charge in [-0.3, -0.25) is 34.4 Å². The summed E-state index contributed by atoms with van der Waals surface area (Å²) in [4.78, 5) is 41.9. The molecule has 9 aromatic rings. The molecule has 6 aromatic heterocycles. The molecule has 91 heavy (non-hydrogen) atoms. The highest BCUT2D eigenvalue weighted by atomic mass is 16.3. The Bertz CT molecular complexity index is 5130. The predicted octanol–water partition coefficient (Wildman–Crippen LogP) is 17.8. The number of aromatic nitrogens is 6. The van der Waals surface area contributed by atoms with Gasteiger partial charge in [-0.2, -0.15) is 9.97 Å². The van der Waals surface area contributed by atoms with Crippen molar-refractivity contribution in [2.45, 2.75) is 46.5 Å². The van der Waals surface area contributed by atoms with Gasteiger partial charge >= 0.3 is 0 Å². The van der Waals surface area contributed by atoms with E-state index in [2.05, 4.69) is 148 Å². The van der Waals surface area contributed by atoms with Crippen molar-refractivity contribution < 1.29 is 8.83 Å². The summed E-state index contributed by atoms with van der Waals surface area (Å²) in [6.45, 7) is 8.12. The molecule has 0 saturated heterocycles. The molecular weight excluding hydrogens is 1120 g/mol. The summed E-state index contributed by atoms with van der Waals surface area (Å²) >= 11 is 0. The molecular formula is C79H56N10O2. The smallest absolute Gasteiger partial charge is 0.228 e. The summed E-state index contributed by atoms with van der Waals surface area (Å²) < 4.78 is 14.8. The van der Waals surface area contributed by atoms with Gasteiger partial charge in [-0.1, -0.05) is 109 Å². The minimum absolute atomic E-state index is 0.0277. The summed E-state index contributed by atoms with van der Waals surface area (Å²) in [5, 5.41) is 0. The number of nitrogens with zero attached hydrogens (tertiary/aromatic N) is 10. The van der Waals surface area contributed by atoms with E-state index in [9.17, 15) is 0 Å². The molecule has 0 spiro atoms. The van der Waals surface area contributed by atoms with E-state index in [4.69, 9.17) is 43.7 Å². The molecule has 0 radical (unpaired) electrons. The lowest BCUT2D eigenvalue weighted by Crippen LogP contribution is -2.26. The number of aryl methyl sites for hydroxylation is 2. The number of rotatable bonds is 9. The molecule has 0 N–H and O–H groups in total. The summed E-state index contributed by atoms with van der Waals surface area (Å²) in [6, 6.07) is 40.8. The fourth-order valence-corrected chi connectivity index (χ4v) is 12.1. The van der Waals surface area contributed by atoms with E-state index in [0.29, 0.717) is 36.3 Å². The third kappa shape index (κ3) is 10.9. The molecule has 2 bridgehead atoms. The minimum atomic E-state index is 0.0277. The molecule has 3 aliphatic carbocycles. The normalized spacial score (nSPS) is 16.4. The van der Waals surface area contributed by atoms with Gasteiger partial charge < -0.3 is 8.83 Å². The highest BCUT2D eigenvalue weighted by Crippen LogP contribution is 2.43. The quantitative estimate of drug-likeness (QED) is 0.130. The second-order valence-electron chi connectivity index (χ2n) is 22.6. The molecule has 0 amide bonds. The largest absolute Gasteiger partial charge is 0.442 e. The maximum atomic E-state index is 6.37. The van der Waals surface area contributed by atoms with Crippen LogP contribution in [0.1, 0.15) is 94.7 Å². The van der Waals surface area contributed by atoms with Crippen molar-refractivity contribution in [2.24, 2.45) is 15.0 Å². The zero-order valence-electron chi connectivity index (χ0n) is 50.3. The van der Waals surface area contributed by atoms with Crippen molar-refractivity contribution in [3.63, 3.8) is 0 Å². The van der Waals surface area contributed by atoms with Gasteiger partial charge in [-0.05, 0) is 171 Å². The average Bonchev–Trinajstić information content (AvgIpc) is 2.01. The SMILES string of the molecule is CC1=C=Cc2c(c3c(n2-c2coc(C4=Cc5ccc(-c6nc(N7C8=C=C(C=NC(C)=C8)C8=C7C=C[C@@H](c7cccc(-c9ncccc9C)n7)C8)co6)cc5C=C=C4)n2)C=CCC(C2=NC(c4ncccc4-c4ccccc4C)=CC=C=C2)=C3)C=N1.c1ccccc1. The third-order valence-electron chi connectivity index (χ3n) is 16.6. The van der Waals surface area contributed by atoms with Crippen molar-refractivity contribution in [1.82, 2.24) is 29.5 Å². The van der Waals surface area contributed by atoms with Crippen LogP contribution in [-0.2, 0) is 0 Å². The lowest BCUT2D eigenvalue weighted by molar-refractivity contribution is 0.543. The minimum Gasteiger partial charge on any atom is -0.442 e. The Labute approximate surface area is 526 Å². The van der Waals surface area contributed by atoms with Gasteiger partial charge in [0.25, 0.3) is 0 Å². The Morgan fingerprint density at radius 3 is 2.30 bits per heavy atom. The molecule has 434 valence electrons.